The molecule has 0 atom stereocenters. The lowest BCUT2D eigenvalue weighted by molar-refractivity contribution is 0.105. The summed E-state index contributed by atoms with van der Waals surface area (Å²) in [5, 5.41) is 6.72. The molecular formula is C18H33N5O2. The van der Waals surface area contributed by atoms with E-state index in [1.807, 2.05) is 19.2 Å². The Bertz CT molecular complexity index is 478. The van der Waals surface area contributed by atoms with Gasteiger partial charge in [-0.25, -0.2) is 0 Å². The van der Waals surface area contributed by atoms with Crippen molar-refractivity contribution >= 4 is 5.96 Å². The topological polar surface area (TPSA) is 65.3 Å². The molecule has 1 aromatic rings. The van der Waals surface area contributed by atoms with Crippen LogP contribution in [0.2, 0.25) is 0 Å². The highest BCUT2D eigenvalue weighted by Crippen LogP contribution is 2.02. The zero-order valence-electron chi connectivity index (χ0n) is 15.7. The van der Waals surface area contributed by atoms with Gasteiger partial charge in [0.05, 0.1) is 6.26 Å². The second kappa shape index (κ2) is 11.9. The van der Waals surface area contributed by atoms with E-state index in [0.29, 0.717) is 13.2 Å². The molecule has 0 saturated carbocycles. The van der Waals surface area contributed by atoms with Crippen LogP contribution in [0.25, 0.3) is 0 Å². The molecule has 2 N–H and O–H groups in total. The van der Waals surface area contributed by atoms with E-state index in [4.69, 9.17) is 9.15 Å². The first-order chi connectivity index (χ1) is 12.3. The van der Waals surface area contributed by atoms with Crippen molar-refractivity contribution < 1.29 is 9.15 Å². The van der Waals surface area contributed by atoms with Crippen LogP contribution in [0.1, 0.15) is 18.6 Å². The lowest BCUT2D eigenvalue weighted by atomic mass is 10.4. The third-order valence-electron chi connectivity index (χ3n) is 4.34. The van der Waals surface area contributed by atoms with Crippen molar-refractivity contribution in [3.63, 3.8) is 0 Å². The number of furan rings is 1. The largest absolute Gasteiger partial charge is 0.467 e. The van der Waals surface area contributed by atoms with Crippen molar-refractivity contribution in [3.05, 3.63) is 24.2 Å². The fourth-order valence-corrected chi connectivity index (χ4v) is 2.83. The van der Waals surface area contributed by atoms with E-state index in [-0.39, 0.29) is 0 Å². The van der Waals surface area contributed by atoms with Crippen LogP contribution >= 0.6 is 0 Å². The van der Waals surface area contributed by atoms with Crippen LogP contribution in [0.15, 0.2) is 27.8 Å². The predicted octanol–water partition coefficient (Wildman–Crippen LogP) is 0.989. The number of likely N-dealkylation sites (N-methyl/N-ethyl adjacent to an activating group) is 1. The molecule has 1 aromatic heterocycles. The van der Waals surface area contributed by atoms with Crippen LogP contribution in [-0.2, 0) is 11.3 Å². The molecule has 7 nitrogen and oxygen atoms in total. The van der Waals surface area contributed by atoms with Gasteiger partial charge in [0.25, 0.3) is 0 Å². The van der Waals surface area contributed by atoms with Gasteiger partial charge in [-0.3, -0.25) is 4.99 Å². The molecule has 25 heavy (non-hydrogen) atoms. The van der Waals surface area contributed by atoms with Gasteiger partial charge in [-0.1, -0.05) is 0 Å². The van der Waals surface area contributed by atoms with Gasteiger partial charge in [-0.15, -0.1) is 0 Å². The van der Waals surface area contributed by atoms with Crippen LogP contribution in [0, 0.1) is 0 Å². The van der Waals surface area contributed by atoms with Crippen molar-refractivity contribution in [1.82, 2.24) is 20.4 Å². The van der Waals surface area contributed by atoms with Crippen LogP contribution in [-0.4, -0.2) is 82.3 Å². The molecule has 7 heteroatoms. The summed E-state index contributed by atoms with van der Waals surface area (Å²) < 4.78 is 10.8. The van der Waals surface area contributed by atoms with Crippen molar-refractivity contribution in [2.75, 3.05) is 66.5 Å². The molecule has 2 rings (SSSR count). The van der Waals surface area contributed by atoms with E-state index in [2.05, 4.69) is 32.5 Å². The predicted molar refractivity (Wildman–Crippen MR) is 101 cm³/mol. The molecule has 0 aliphatic carbocycles. The average molecular weight is 351 g/mol. The molecule has 1 aliphatic heterocycles. The first-order valence-electron chi connectivity index (χ1n) is 9.23. The van der Waals surface area contributed by atoms with E-state index < -0.39 is 0 Å². The second-order valence-electron chi connectivity index (χ2n) is 6.41. The molecule has 0 unspecified atom stereocenters. The molecular weight excluding hydrogens is 318 g/mol. The van der Waals surface area contributed by atoms with Gasteiger partial charge in [0.15, 0.2) is 5.96 Å². The Balaban J connectivity index is 1.48. The standard InChI is InChI=1S/C18H33N5O2/c1-19-18(20-7-4-14-24-16-17-6-3-15-25-17)21-8-11-23-10-5-9-22(2)12-13-23/h3,6,15H,4-5,7-14,16H2,1-2H3,(H2,19,20,21). The highest BCUT2D eigenvalue weighted by Gasteiger charge is 2.11. The third kappa shape index (κ3) is 8.38. The molecule has 0 amide bonds. The molecule has 1 fully saturated rings. The van der Waals surface area contributed by atoms with Gasteiger partial charge in [0, 0.05) is 46.4 Å². The lowest BCUT2D eigenvalue weighted by Crippen LogP contribution is -2.42. The summed E-state index contributed by atoms with van der Waals surface area (Å²) in [6.45, 7) is 8.74. The highest BCUT2D eigenvalue weighted by atomic mass is 16.5. The highest BCUT2D eigenvalue weighted by molar-refractivity contribution is 5.79. The van der Waals surface area contributed by atoms with Gasteiger partial charge >= 0.3 is 0 Å². The van der Waals surface area contributed by atoms with Crippen LogP contribution in [0.4, 0.5) is 0 Å². The molecule has 2 heterocycles. The molecule has 0 spiro atoms. The number of hydrogen-bond acceptors (Lipinski definition) is 5. The van der Waals surface area contributed by atoms with Gasteiger partial charge in [-0.05, 0) is 45.1 Å². The van der Waals surface area contributed by atoms with Crippen molar-refractivity contribution in [2.45, 2.75) is 19.4 Å². The summed E-state index contributed by atoms with van der Waals surface area (Å²) >= 11 is 0. The van der Waals surface area contributed by atoms with Crippen molar-refractivity contribution in [1.29, 1.82) is 0 Å². The molecule has 1 aliphatic rings. The quantitative estimate of drug-likeness (QED) is 0.393. The maximum Gasteiger partial charge on any atom is 0.191 e. The lowest BCUT2D eigenvalue weighted by Gasteiger charge is -2.21. The van der Waals surface area contributed by atoms with E-state index >= 15 is 0 Å². The maximum absolute atomic E-state index is 5.57. The summed E-state index contributed by atoms with van der Waals surface area (Å²) in [7, 11) is 4.01. The minimum absolute atomic E-state index is 0.533. The minimum atomic E-state index is 0.533. The Labute approximate surface area is 151 Å². The fourth-order valence-electron chi connectivity index (χ4n) is 2.83. The maximum atomic E-state index is 5.57. The Morgan fingerprint density at radius 1 is 1.24 bits per heavy atom. The van der Waals surface area contributed by atoms with E-state index in [0.717, 1.165) is 50.9 Å². The number of aliphatic imine (C=N–C) groups is 1. The Kier molecular flexibility index (Phi) is 9.40. The number of nitrogens with one attached hydrogen (secondary N) is 2. The summed E-state index contributed by atoms with van der Waals surface area (Å²) in [4.78, 5) is 9.20. The Morgan fingerprint density at radius 2 is 2.12 bits per heavy atom. The number of rotatable bonds is 9. The summed E-state index contributed by atoms with van der Waals surface area (Å²) in [6, 6.07) is 3.80. The van der Waals surface area contributed by atoms with Crippen LogP contribution < -0.4 is 10.6 Å². The molecule has 0 radical (unpaired) electrons. The van der Waals surface area contributed by atoms with E-state index in [1.165, 1.54) is 19.5 Å². The SMILES string of the molecule is CN=C(NCCCOCc1ccco1)NCCN1CCCN(C)CC1. The van der Waals surface area contributed by atoms with Gasteiger partial charge in [0.1, 0.15) is 12.4 Å². The van der Waals surface area contributed by atoms with Gasteiger partial charge < -0.3 is 29.6 Å². The normalized spacial score (nSPS) is 17.4. The number of nitrogens with zero attached hydrogens (tertiary/aromatic N) is 3. The monoisotopic (exact) mass is 351 g/mol. The van der Waals surface area contributed by atoms with Crippen LogP contribution in [0.5, 0.6) is 0 Å². The molecule has 1 saturated heterocycles. The summed E-state index contributed by atoms with van der Waals surface area (Å²) in [5.74, 6) is 1.73. The number of guanidine groups is 1. The zero-order chi connectivity index (χ0) is 17.7. The second-order valence-corrected chi connectivity index (χ2v) is 6.41. The third-order valence-corrected chi connectivity index (χ3v) is 4.34. The number of hydrogen-bond donors (Lipinski definition) is 2. The number of ether oxygens (including phenoxy) is 1. The fraction of sp³-hybridized carbons (Fsp3) is 0.722. The molecule has 0 aromatic carbocycles. The Morgan fingerprint density at radius 3 is 2.92 bits per heavy atom. The minimum Gasteiger partial charge on any atom is -0.467 e. The van der Waals surface area contributed by atoms with Crippen molar-refractivity contribution in [2.24, 2.45) is 4.99 Å². The van der Waals surface area contributed by atoms with Crippen molar-refractivity contribution in [3.8, 4) is 0 Å². The average Bonchev–Trinajstić information content (AvgIpc) is 3.05. The van der Waals surface area contributed by atoms with Gasteiger partial charge in [-0.2, -0.15) is 0 Å². The smallest absolute Gasteiger partial charge is 0.191 e. The molecule has 0 bridgehead atoms. The van der Waals surface area contributed by atoms with Gasteiger partial charge in [0.2, 0.25) is 0 Å². The van der Waals surface area contributed by atoms with E-state index in [1.54, 1.807) is 6.26 Å². The van der Waals surface area contributed by atoms with Crippen LogP contribution in [0.3, 0.4) is 0 Å². The first-order valence-corrected chi connectivity index (χ1v) is 9.23. The van der Waals surface area contributed by atoms with E-state index in [9.17, 15) is 0 Å². The first kappa shape index (κ1) is 19.8. The Hall–Kier alpha value is -1.57. The summed E-state index contributed by atoms with van der Waals surface area (Å²) in [5.41, 5.74) is 0. The molecule has 142 valence electrons. The summed E-state index contributed by atoms with van der Waals surface area (Å²) in [6.07, 6.45) is 3.85. The zero-order valence-corrected chi connectivity index (χ0v) is 15.7.